The van der Waals surface area contributed by atoms with Crippen LogP contribution >= 0.6 is 0 Å². The Morgan fingerprint density at radius 1 is 0.170 bits per heavy atom. The van der Waals surface area contributed by atoms with E-state index in [-0.39, 0.29) is 0 Å². The first-order chi connectivity index (χ1) is 49.5. The summed E-state index contributed by atoms with van der Waals surface area (Å²) in [5, 5.41) is 9.33. The second kappa shape index (κ2) is 24.2. The average Bonchev–Trinajstić information content (AvgIpc) is 1.61. The summed E-state index contributed by atoms with van der Waals surface area (Å²) >= 11 is 0. The fourth-order valence-corrected chi connectivity index (χ4v) is 14.1. The van der Waals surface area contributed by atoms with Crippen molar-refractivity contribution in [1.82, 2.24) is 39.0 Å². The molecule has 0 amide bonds. The van der Waals surface area contributed by atoms with Crippen molar-refractivity contribution in [2.24, 2.45) is 0 Å². The zero-order valence-corrected chi connectivity index (χ0v) is 53.7. The van der Waals surface area contributed by atoms with E-state index >= 15 is 0 Å². The Morgan fingerprint density at radius 3 is 0.900 bits per heavy atom. The highest BCUT2D eigenvalue weighted by Gasteiger charge is 2.20. The Hall–Kier alpha value is -13.7. The van der Waals surface area contributed by atoms with E-state index in [0.29, 0.717) is 34.9 Å². The van der Waals surface area contributed by atoms with Crippen molar-refractivity contribution in [3.05, 3.63) is 340 Å². The molecule has 0 aliphatic heterocycles. The van der Waals surface area contributed by atoms with Crippen LogP contribution in [0.1, 0.15) is 0 Å². The maximum absolute atomic E-state index is 6.23. The van der Waals surface area contributed by atoms with Crippen molar-refractivity contribution in [2.45, 2.75) is 0 Å². The molecule has 100 heavy (non-hydrogen) atoms. The quantitative estimate of drug-likeness (QED) is 0.133. The maximum Gasteiger partial charge on any atom is 0.164 e. The van der Waals surface area contributed by atoms with Gasteiger partial charge in [-0.05, 0) is 131 Å². The zero-order valence-electron chi connectivity index (χ0n) is 53.7. The van der Waals surface area contributed by atoms with Gasteiger partial charge in [-0.15, -0.1) is 0 Å². The minimum absolute atomic E-state index is 0.628. The molecule has 0 aliphatic rings. The van der Waals surface area contributed by atoms with Crippen molar-refractivity contribution < 1.29 is 8.83 Å². The lowest BCUT2D eigenvalue weighted by atomic mass is 10.0. The normalized spacial score (nSPS) is 11.6. The molecule has 0 fully saturated rings. The Morgan fingerprint density at radius 2 is 0.470 bits per heavy atom. The average molecular weight is 1280 g/mol. The highest BCUT2D eigenvalue weighted by molar-refractivity contribution is 6.13. The Kier molecular flexibility index (Phi) is 14.0. The highest BCUT2D eigenvalue weighted by Crippen LogP contribution is 2.41. The predicted molar refractivity (Wildman–Crippen MR) is 406 cm³/mol. The molecule has 20 aromatic rings. The first-order valence-corrected chi connectivity index (χ1v) is 33.4. The standard InChI is InChI=1S/2C45H28N4O/c1-3-12-29(13-4-1)43-46-44(30-14-5-2-6-15-30)48-45(47-43)33-16-11-17-34(26-33)49-39-20-9-7-18-35(39)38-27-31(23-25-40(38)49)32-22-24-37-36-19-8-10-21-41(36)50-42(37)28-32;1-3-11-29(12-4-1)43-46-44(30-13-5-2-6-14-30)48-45(47-43)31-19-23-34(24-20-31)49-39-17-9-7-15-35(39)38-27-32(22-26-40(38)49)33-21-25-37-36-16-8-10-18-41(36)50-42(37)28-33/h2*1-28H. The van der Waals surface area contributed by atoms with Gasteiger partial charge in [0.25, 0.3) is 0 Å². The number of benzene rings is 14. The van der Waals surface area contributed by atoms with E-state index in [4.69, 9.17) is 38.7 Å². The summed E-state index contributed by atoms with van der Waals surface area (Å²) in [5.74, 6) is 3.85. The molecule has 0 saturated carbocycles. The SMILES string of the molecule is c1ccc(-c2nc(-c3ccccc3)nc(-c3ccc(-n4c5ccccc5c5cc(-c6ccc7c(c6)oc6ccccc67)ccc54)cc3)n2)cc1.c1ccc(-c2nc(-c3ccccc3)nc(-c3cccc(-n4c5ccccc5c5cc(-c6ccc7c(c6)oc6ccccc67)ccc54)c3)n2)cc1. The number of rotatable bonds is 10. The zero-order chi connectivity index (χ0) is 66.0. The molecule has 468 valence electrons. The van der Waals surface area contributed by atoms with E-state index in [1.807, 2.05) is 146 Å². The lowest BCUT2D eigenvalue weighted by Gasteiger charge is -2.12. The highest BCUT2D eigenvalue weighted by atomic mass is 16.3. The van der Waals surface area contributed by atoms with Gasteiger partial charge in [0.1, 0.15) is 22.3 Å². The number of para-hydroxylation sites is 4. The number of furan rings is 2. The number of hydrogen-bond donors (Lipinski definition) is 0. The predicted octanol–water partition coefficient (Wildman–Crippen LogP) is 23.1. The minimum atomic E-state index is 0.628. The van der Waals surface area contributed by atoms with E-state index in [0.717, 1.165) is 133 Å². The van der Waals surface area contributed by atoms with Crippen LogP contribution in [0, 0.1) is 0 Å². The van der Waals surface area contributed by atoms with Crippen molar-refractivity contribution in [1.29, 1.82) is 0 Å². The second-order valence-electron chi connectivity index (χ2n) is 25.0. The van der Waals surface area contributed by atoms with E-state index in [1.165, 1.54) is 21.5 Å². The third kappa shape index (κ3) is 10.3. The van der Waals surface area contributed by atoms with Crippen LogP contribution in [-0.2, 0) is 0 Å². The molecule has 10 heteroatoms. The van der Waals surface area contributed by atoms with Crippen molar-refractivity contribution in [2.75, 3.05) is 0 Å². The third-order valence-electron chi connectivity index (χ3n) is 18.9. The van der Waals surface area contributed by atoms with Crippen LogP contribution in [0.25, 0.3) is 189 Å². The fraction of sp³-hybridized carbons (Fsp3) is 0. The van der Waals surface area contributed by atoms with E-state index < -0.39 is 0 Å². The molecule has 20 rings (SSSR count). The van der Waals surface area contributed by atoms with Gasteiger partial charge in [-0.1, -0.05) is 231 Å². The molecule has 0 saturated heterocycles. The molecule has 0 spiro atoms. The summed E-state index contributed by atoms with van der Waals surface area (Å²) in [5.41, 5.74) is 20.4. The lowest BCUT2D eigenvalue weighted by molar-refractivity contribution is 0.668. The number of fused-ring (bicyclic) bond motifs is 12. The summed E-state index contributed by atoms with van der Waals surface area (Å²) in [4.78, 5) is 29.6. The molecule has 6 aromatic heterocycles. The first-order valence-electron chi connectivity index (χ1n) is 33.4. The van der Waals surface area contributed by atoms with Gasteiger partial charge in [0.2, 0.25) is 0 Å². The molecule has 6 heterocycles. The summed E-state index contributed by atoms with van der Waals surface area (Å²) in [7, 11) is 0. The van der Waals surface area contributed by atoms with Crippen molar-refractivity contribution in [3.63, 3.8) is 0 Å². The summed E-state index contributed by atoms with van der Waals surface area (Å²) in [6.45, 7) is 0. The van der Waals surface area contributed by atoms with E-state index in [9.17, 15) is 0 Å². The minimum Gasteiger partial charge on any atom is -0.456 e. The molecular formula is C90H56N8O2. The molecule has 10 nitrogen and oxygen atoms in total. The van der Waals surface area contributed by atoms with Crippen LogP contribution in [0.15, 0.2) is 349 Å². The van der Waals surface area contributed by atoms with Gasteiger partial charge in [0, 0.05) is 87.8 Å². The summed E-state index contributed by atoms with van der Waals surface area (Å²) < 4.78 is 17.1. The molecule has 0 unspecified atom stereocenters. The van der Waals surface area contributed by atoms with Gasteiger partial charge in [-0.2, -0.15) is 0 Å². The van der Waals surface area contributed by atoms with Gasteiger partial charge in [-0.25, -0.2) is 29.9 Å². The van der Waals surface area contributed by atoms with Crippen LogP contribution < -0.4 is 0 Å². The largest absolute Gasteiger partial charge is 0.456 e. The van der Waals surface area contributed by atoms with Crippen molar-refractivity contribution >= 4 is 87.5 Å². The van der Waals surface area contributed by atoms with E-state index in [1.54, 1.807) is 0 Å². The number of aromatic nitrogens is 8. The van der Waals surface area contributed by atoms with Gasteiger partial charge in [0.05, 0.1) is 22.1 Å². The van der Waals surface area contributed by atoms with Gasteiger partial charge in [-0.3, -0.25) is 0 Å². The van der Waals surface area contributed by atoms with Crippen LogP contribution in [0.5, 0.6) is 0 Å². The van der Waals surface area contributed by atoms with Gasteiger partial charge < -0.3 is 18.0 Å². The third-order valence-corrected chi connectivity index (χ3v) is 18.9. The molecule has 0 atom stereocenters. The molecular weight excluding hydrogens is 1230 g/mol. The Balaban J connectivity index is 0.000000139. The molecule has 14 aromatic carbocycles. The monoisotopic (exact) mass is 1280 g/mol. The lowest BCUT2D eigenvalue weighted by Crippen LogP contribution is -2.01. The van der Waals surface area contributed by atoms with Gasteiger partial charge in [0.15, 0.2) is 34.9 Å². The number of hydrogen-bond acceptors (Lipinski definition) is 8. The molecule has 0 radical (unpaired) electrons. The first kappa shape index (κ1) is 57.7. The van der Waals surface area contributed by atoms with Gasteiger partial charge >= 0.3 is 0 Å². The molecule has 0 aliphatic carbocycles. The maximum atomic E-state index is 6.23. The number of nitrogens with zero attached hydrogens (tertiary/aromatic N) is 8. The van der Waals surface area contributed by atoms with Crippen LogP contribution in [0.3, 0.4) is 0 Å². The Bertz CT molecular complexity index is 6400. The van der Waals surface area contributed by atoms with Crippen LogP contribution in [0.2, 0.25) is 0 Å². The topological polar surface area (TPSA) is 113 Å². The van der Waals surface area contributed by atoms with Crippen LogP contribution in [-0.4, -0.2) is 39.0 Å². The second-order valence-corrected chi connectivity index (χ2v) is 25.0. The summed E-state index contributed by atoms with van der Waals surface area (Å²) in [6, 6.07) is 117. The van der Waals surface area contributed by atoms with Crippen LogP contribution in [0.4, 0.5) is 0 Å². The Labute approximate surface area is 573 Å². The van der Waals surface area contributed by atoms with E-state index in [2.05, 4.69) is 203 Å². The molecule has 0 N–H and O–H groups in total. The fourth-order valence-electron chi connectivity index (χ4n) is 14.1. The summed E-state index contributed by atoms with van der Waals surface area (Å²) in [6.07, 6.45) is 0. The molecule has 0 bridgehead atoms. The smallest absolute Gasteiger partial charge is 0.164 e. The van der Waals surface area contributed by atoms with Crippen molar-refractivity contribution in [3.8, 4) is 102 Å².